The molecule has 2 aliphatic carbocycles. The molecule has 6 heteroatoms. The van der Waals surface area contributed by atoms with Crippen LogP contribution < -0.4 is 4.74 Å². The molecule has 0 saturated heterocycles. The third-order valence-electron chi connectivity index (χ3n) is 6.19. The second-order valence-electron chi connectivity index (χ2n) is 8.00. The molecule has 27 heavy (non-hydrogen) atoms. The molecule has 0 unspecified atom stereocenters. The zero-order valence-corrected chi connectivity index (χ0v) is 14.9. The van der Waals surface area contributed by atoms with E-state index in [1.165, 1.54) is 25.7 Å². The standard InChI is InChI=1S/C20H25F5O.CH4/c1-12-2-4-13(5-3-12)14-6-8-15(9-7-14)20(24,25)26-16-10-17(21)19(23)18(22)11-16;/h10-15H,2-9H2,1H3;1H4. The molecule has 2 saturated carbocycles. The van der Waals surface area contributed by atoms with Crippen LogP contribution in [0.1, 0.15) is 65.7 Å². The minimum absolute atomic E-state index is 0. The fourth-order valence-corrected chi connectivity index (χ4v) is 4.52. The molecule has 0 bridgehead atoms. The Morgan fingerprint density at radius 1 is 0.815 bits per heavy atom. The lowest BCUT2D eigenvalue weighted by molar-refractivity contribution is -0.224. The minimum Gasteiger partial charge on any atom is -0.432 e. The molecule has 0 spiro atoms. The van der Waals surface area contributed by atoms with Crippen LogP contribution in [0.2, 0.25) is 0 Å². The largest absolute Gasteiger partial charge is 0.432 e. The molecule has 0 heterocycles. The van der Waals surface area contributed by atoms with Gasteiger partial charge < -0.3 is 4.74 Å². The predicted octanol–water partition coefficient (Wildman–Crippen LogP) is 7.34. The topological polar surface area (TPSA) is 9.23 Å². The van der Waals surface area contributed by atoms with E-state index in [-0.39, 0.29) is 7.43 Å². The van der Waals surface area contributed by atoms with Crippen molar-refractivity contribution in [2.24, 2.45) is 23.7 Å². The summed E-state index contributed by atoms with van der Waals surface area (Å²) in [5.74, 6) is -4.57. The highest BCUT2D eigenvalue weighted by atomic mass is 19.3. The van der Waals surface area contributed by atoms with Crippen LogP contribution in [0.5, 0.6) is 5.75 Å². The summed E-state index contributed by atoms with van der Waals surface area (Å²) in [6.45, 7) is 2.26. The van der Waals surface area contributed by atoms with E-state index < -0.39 is 35.2 Å². The van der Waals surface area contributed by atoms with Crippen molar-refractivity contribution in [3.05, 3.63) is 29.6 Å². The van der Waals surface area contributed by atoms with Gasteiger partial charge in [0.15, 0.2) is 17.5 Å². The van der Waals surface area contributed by atoms with Crippen LogP contribution in [0.4, 0.5) is 22.0 Å². The van der Waals surface area contributed by atoms with Gasteiger partial charge in [-0.1, -0.05) is 27.2 Å². The summed E-state index contributed by atoms with van der Waals surface area (Å²) in [7, 11) is 0. The van der Waals surface area contributed by atoms with Gasteiger partial charge in [-0.3, -0.25) is 0 Å². The smallest absolute Gasteiger partial charge is 0.400 e. The van der Waals surface area contributed by atoms with Gasteiger partial charge in [-0.25, -0.2) is 13.2 Å². The molecule has 0 atom stereocenters. The molecule has 2 aliphatic rings. The van der Waals surface area contributed by atoms with Gasteiger partial charge in [0.05, 0.1) is 5.92 Å². The van der Waals surface area contributed by atoms with Gasteiger partial charge in [0.2, 0.25) is 0 Å². The highest BCUT2D eigenvalue weighted by Gasteiger charge is 2.45. The molecule has 0 radical (unpaired) electrons. The number of halogens is 5. The Hall–Kier alpha value is -1.33. The van der Waals surface area contributed by atoms with Crippen LogP contribution >= 0.6 is 0 Å². The van der Waals surface area contributed by atoms with Crippen molar-refractivity contribution >= 4 is 0 Å². The first kappa shape index (κ1) is 22.0. The lowest BCUT2D eigenvalue weighted by atomic mass is 9.69. The summed E-state index contributed by atoms with van der Waals surface area (Å²) in [4.78, 5) is 0. The molecular formula is C21H29F5O. The van der Waals surface area contributed by atoms with E-state index in [0.29, 0.717) is 36.8 Å². The summed E-state index contributed by atoms with van der Waals surface area (Å²) in [5.41, 5.74) is 0. The zero-order chi connectivity index (χ0) is 18.9. The van der Waals surface area contributed by atoms with Gasteiger partial charge in [0, 0.05) is 12.1 Å². The average molecular weight is 392 g/mol. The average Bonchev–Trinajstić information content (AvgIpc) is 2.60. The number of alkyl halides is 2. The first-order valence-corrected chi connectivity index (χ1v) is 9.47. The third kappa shape index (κ3) is 5.14. The SMILES string of the molecule is C.CC1CCC(C2CCC(C(F)(F)Oc3cc(F)c(F)c(F)c3)CC2)CC1. The number of benzene rings is 1. The summed E-state index contributed by atoms with van der Waals surface area (Å²) in [6, 6.07) is 0.919. The number of hydrogen-bond acceptors (Lipinski definition) is 1. The molecule has 1 nitrogen and oxygen atoms in total. The molecule has 154 valence electrons. The highest BCUT2D eigenvalue weighted by Crippen LogP contribution is 2.45. The minimum atomic E-state index is -3.53. The van der Waals surface area contributed by atoms with Crippen molar-refractivity contribution in [2.45, 2.75) is 71.8 Å². The maximum atomic E-state index is 14.4. The van der Waals surface area contributed by atoms with Gasteiger partial charge >= 0.3 is 6.11 Å². The van der Waals surface area contributed by atoms with Gasteiger partial charge in [0.25, 0.3) is 0 Å². The third-order valence-corrected chi connectivity index (χ3v) is 6.19. The van der Waals surface area contributed by atoms with Crippen molar-refractivity contribution in [3.8, 4) is 5.75 Å². The second-order valence-corrected chi connectivity index (χ2v) is 8.00. The Morgan fingerprint density at radius 3 is 1.74 bits per heavy atom. The molecule has 3 rings (SSSR count). The van der Waals surface area contributed by atoms with Gasteiger partial charge in [-0.15, -0.1) is 0 Å². The quantitative estimate of drug-likeness (QED) is 0.385. The second kappa shape index (κ2) is 8.78. The molecule has 0 amide bonds. The Kier molecular flexibility index (Phi) is 7.14. The fraction of sp³-hybridized carbons (Fsp3) is 0.714. The lowest BCUT2D eigenvalue weighted by Gasteiger charge is -2.38. The van der Waals surface area contributed by atoms with Crippen LogP contribution in [-0.2, 0) is 0 Å². The molecule has 0 N–H and O–H groups in total. The van der Waals surface area contributed by atoms with Crippen molar-refractivity contribution in [1.82, 2.24) is 0 Å². The number of ether oxygens (including phenoxy) is 1. The van der Waals surface area contributed by atoms with Gasteiger partial charge in [-0.05, 0) is 56.3 Å². The summed E-state index contributed by atoms with van der Waals surface area (Å²) >= 11 is 0. The van der Waals surface area contributed by atoms with Crippen molar-refractivity contribution < 1.29 is 26.7 Å². The zero-order valence-electron chi connectivity index (χ0n) is 14.9. The van der Waals surface area contributed by atoms with E-state index in [1.54, 1.807) is 0 Å². The van der Waals surface area contributed by atoms with E-state index in [4.69, 9.17) is 0 Å². The molecule has 1 aromatic rings. The van der Waals surface area contributed by atoms with Gasteiger partial charge in [-0.2, -0.15) is 8.78 Å². The van der Waals surface area contributed by atoms with E-state index in [0.717, 1.165) is 18.8 Å². The highest BCUT2D eigenvalue weighted by molar-refractivity contribution is 5.25. The lowest BCUT2D eigenvalue weighted by Crippen LogP contribution is -2.38. The first-order chi connectivity index (χ1) is 12.3. The van der Waals surface area contributed by atoms with Crippen LogP contribution in [0.25, 0.3) is 0 Å². The van der Waals surface area contributed by atoms with Crippen LogP contribution in [0, 0.1) is 41.1 Å². The molecule has 2 fully saturated rings. The van der Waals surface area contributed by atoms with Crippen molar-refractivity contribution in [2.75, 3.05) is 0 Å². The normalized spacial score (nSPS) is 29.1. The maximum Gasteiger partial charge on any atom is 0.400 e. The summed E-state index contributed by atoms with van der Waals surface area (Å²) in [6.07, 6.45) is 3.38. The monoisotopic (exact) mass is 392 g/mol. The molecule has 1 aromatic carbocycles. The first-order valence-electron chi connectivity index (χ1n) is 9.47. The van der Waals surface area contributed by atoms with Crippen LogP contribution in [0.15, 0.2) is 12.1 Å². The van der Waals surface area contributed by atoms with E-state index >= 15 is 0 Å². The Labute approximate surface area is 158 Å². The Morgan fingerprint density at radius 2 is 1.26 bits per heavy atom. The van der Waals surface area contributed by atoms with E-state index in [2.05, 4.69) is 11.7 Å². The predicted molar refractivity (Wildman–Crippen MR) is 95.2 cm³/mol. The molecule has 0 aromatic heterocycles. The molecule has 0 aliphatic heterocycles. The molecular weight excluding hydrogens is 363 g/mol. The van der Waals surface area contributed by atoms with Crippen LogP contribution in [-0.4, -0.2) is 6.11 Å². The van der Waals surface area contributed by atoms with Gasteiger partial charge in [0.1, 0.15) is 5.75 Å². The Balaban J connectivity index is 0.00000261. The summed E-state index contributed by atoms with van der Waals surface area (Å²) < 4.78 is 72.8. The number of rotatable bonds is 4. The maximum absolute atomic E-state index is 14.4. The van der Waals surface area contributed by atoms with Crippen molar-refractivity contribution in [1.29, 1.82) is 0 Å². The number of hydrogen-bond donors (Lipinski definition) is 0. The van der Waals surface area contributed by atoms with Crippen molar-refractivity contribution in [3.63, 3.8) is 0 Å². The summed E-state index contributed by atoms with van der Waals surface area (Å²) in [5, 5.41) is 0. The van der Waals surface area contributed by atoms with E-state index in [9.17, 15) is 22.0 Å². The Bertz CT molecular complexity index is 594. The fourth-order valence-electron chi connectivity index (χ4n) is 4.52. The van der Waals surface area contributed by atoms with E-state index in [1.807, 2.05) is 0 Å². The van der Waals surface area contributed by atoms with Crippen LogP contribution in [0.3, 0.4) is 0 Å².